The number of nitrogens with zero attached hydrogens (tertiary/aromatic N) is 1. The normalized spacial score (nSPS) is 10.6. The van der Waals surface area contributed by atoms with E-state index in [9.17, 15) is 4.79 Å². The van der Waals surface area contributed by atoms with Crippen LogP contribution in [0.3, 0.4) is 0 Å². The lowest BCUT2D eigenvalue weighted by atomic mass is 10.1. The van der Waals surface area contributed by atoms with E-state index in [2.05, 4.69) is 35.2 Å². The summed E-state index contributed by atoms with van der Waals surface area (Å²) in [5.41, 5.74) is 5.46. The maximum absolute atomic E-state index is 11.0. The van der Waals surface area contributed by atoms with E-state index >= 15 is 0 Å². The van der Waals surface area contributed by atoms with Crippen molar-refractivity contribution in [3.05, 3.63) is 53.1 Å². The molecular weight excluding hydrogens is 372 g/mol. The molecule has 0 saturated carbocycles. The van der Waals surface area contributed by atoms with Crippen molar-refractivity contribution < 1.29 is 23.7 Å². The number of hydrazone groups is 1. The first kappa shape index (κ1) is 22.1. The first-order valence-corrected chi connectivity index (χ1v) is 9.50. The van der Waals surface area contributed by atoms with Crippen molar-refractivity contribution in [2.45, 2.75) is 27.2 Å². The maximum Gasteiger partial charge on any atom is 0.427 e. The molecule has 0 spiro atoms. The minimum Gasteiger partial charge on any atom is -0.493 e. The number of hydrogen-bond acceptors (Lipinski definition) is 6. The number of aryl methyl sites for hydroxylation is 2. The van der Waals surface area contributed by atoms with Gasteiger partial charge >= 0.3 is 6.09 Å². The molecule has 0 atom stereocenters. The topological polar surface area (TPSA) is 78.4 Å². The van der Waals surface area contributed by atoms with Crippen molar-refractivity contribution in [1.82, 2.24) is 5.43 Å². The molecule has 0 bridgehead atoms. The van der Waals surface area contributed by atoms with Crippen LogP contribution in [0, 0.1) is 13.8 Å². The van der Waals surface area contributed by atoms with E-state index < -0.39 is 6.09 Å². The number of hydrogen-bond donors (Lipinski definition) is 1. The molecule has 7 heteroatoms. The van der Waals surface area contributed by atoms with Crippen molar-refractivity contribution in [3.63, 3.8) is 0 Å². The third-order valence-electron chi connectivity index (χ3n) is 4.12. The van der Waals surface area contributed by atoms with Crippen LogP contribution in [-0.2, 0) is 4.74 Å². The van der Waals surface area contributed by atoms with Gasteiger partial charge in [0.05, 0.1) is 33.1 Å². The molecule has 0 fully saturated rings. The summed E-state index contributed by atoms with van der Waals surface area (Å²) in [5.74, 6) is 2.13. The van der Waals surface area contributed by atoms with Crippen LogP contribution in [0.4, 0.5) is 4.79 Å². The number of carbonyl (C=O) groups excluding carboxylic acids is 1. The highest BCUT2D eigenvalue weighted by Crippen LogP contribution is 2.28. The molecular formula is C22H28N2O5. The smallest absolute Gasteiger partial charge is 0.427 e. The lowest BCUT2D eigenvalue weighted by Gasteiger charge is -2.13. The Morgan fingerprint density at radius 2 is 1.79 bits per heavy atom. The standard InChI is InChI=1S/C22H28N2O5/c1-5-27-21-14-18(15-23-24-22(25)26-4)8-10-20(21)29-12-6-11-28-19-9-7-16(2)17(3)13-19/h7-10,13-15H,5-6,11-12H2,1-4H3,(H,24,25)/b23-15-. The highest BCUT2D eigenvalue weighted by molar-refractivity contribution is 5.82. The Balaban J connectivity index is 1.85. The molecule has 0 aliphatic carbocycles. The summed E-state index contributed by atoms with van der Waals surface area (Å²) in [6.45, 7) is 7.63. The van der Waals surface area contributed by atoms with E-state index in [0.717, 1.165) is 17.7 Å². The van der Waals surface area contributed by atoms with Crippen molar-refractivity contribution in [2.75, 3.05) is 26.9 Å². The monoisotopic (exact) mass is 400 g/mol. The van der Waals surface area contributed by atoms with Crippen molar-refractivity contribution in [3.8, 4) is 17.2 Å². The van der Waals surface area contributed by atoms with Gasteiger partial charge < -0.3 is 18.9 Å². The van der Waals surface area contributed by atoms with Crippen LogP contribution in [-0.4, -0.2) is 39.2 Å². The number of methoxy groups -OCH3 is 1. The molecule has 7 nitrogen and oxygen atoms in total. The largest absolute Gasteiger partial charge is 0.493 e. The zero-order valence-corrected chi connectivity index (χ0v) is 17.4. The second-order valence-electron chi connectivity index (χ2n) is 6.30. The summed E-state index contributed by atoms with van der Waals surface area (Å²) in [6, 6.07) is 11.5. The van der Waals surface area contributed by atoms with E-state index in [1.165, 1.54) is 24.5 Å². The van der Waals surface area contributed by atoms with Gasteiger partial charge in [0.25, 0.3) is 0 Å². The van der Waals surface area contributed by atoms with Crippen LogP contribution in [0.5, 0.6) is 17.2 Å². The lowest BCUT2D eigenvalue weighted by molar-refractivity contribution is 0.171. The van der Waals surface area contributed by atoms with Gasteiger partial charge in [-0.15, -0.1) is 0 Å². The molecule has 0 radical (unpaired) electrons. The number of nitrogens with one attached hydrogen (secondary N) is 1. The van der Waals surface area contributed by atoms with Crippen molar-refractivity contribution >= 4 is 12.3 Å². The Bertz CT molecular complexity index is 836. The summed E-state index contributed by atoms with van der Waals surface area (Å²) >= 11 is 0. The molecule has 0 aliphatic rings. The molecule has 156 valence electrons. The van der Waals surface area contributed by atoms with Gasteiger partial charge in [-0.1, -0.05) is 6.07 Å². The molecule has 0 unspecified atom stereocenters. The maximum atomic E-state index is 11.0. The van der Waals surface area contributed by atoms with Gasteiger partial charge in [-0.3, -0.25) is 0 Å². The lowest BCUT2D eigenvalue weighted by Crippen LogP contribution is -2.16. The number of amides is 1. The molecule has 2 aromatic rings. The van der Waals surface area contributed by atoms with Gasteiger partial charge in [-0.05, 0) is 67.8 Å². The zero-order chi connectivity index (χ0) is 21.1. The quantitative estimate of drug-likeness (QED) is 0.367. The van der Waals surface area contributed by atoms with E-state index in [1.54, 1.807) is 6.07 Å². The minimum absolute atomic E-state index is 0.502. The second-order valence-corrected chi connectivity index (χ2v) is 6.30. The first-order valence-electron chi connectivity index (χ1n) is 9.50. The van der Waals surface area contributed by atoms with Gasteiger partial charge in [0.15, 0.2) is 11.5 Å². The van der Waals surface area contributed by atoms with Crippen molar-refractivity contribution in [2.24, 2.45) is 5.10 Å². The van der Waals surface area contributed by atoms with Gasteiger partial charge in [-0.2, -0.15) is 5.10 Å². The average molecular weight is 400 g/mol. The fraction of sp³-hybridized carbons (Fsp3) is 0.364. The van der Waals surface area contributed by atoms with E-state index in [0.29, 0.717) is 31.3 Å². The zero-order valence-electron chi connectivity index (χ0n) is 17.4. The SMILES string of the molecule is CCOc1cc(/C=N\NC(=O)OC)ccc1OCCCOc1ccc(C)c(C)c1. The van der Waals surface area contributed by atoms with Crippen molar-refractivity contribution in [1.29, 1.82) is 0 Å². The third-order valence-corrected chi connectivity index (χ3v) is 4.12. The van der Waals surface area contributed by atoms with E-state index in [1.807, 2.05) is 31.2 Å². The number of benzene rings is 2. The van der Waals surface area contributed by atoms with Gasteiger partial charge in [0, 0.05) is 6.42 Å². The third kappa shape index (κ3) is 7.37. The molecule has 29 heavy (non-hydrogen) atoms. The Morgan fingerprint density at radius 1 is 1.00 bits per heavy atom. The summed E-state index contributed by atoms with van der Waals surface area (Å²) in [4.78, 5) is 11.0. The van der Waals surface area contributed by atoms with Crippen LogP contribution in [0.15, 0.2) is 41.5 Å². The second kappa shape index (κ2) is 11.6. The number of ether oxygens (including phenoxy) is 4. The predicted octanol–water partition coefficient (Wildman–Crippen LogP) is 4.24. The number of carbonyl (C=O) groups is 1. The van der Waals surface area contributed by atoms with Crippen LogP contribution in [0.1, 0.15) is 30.0 Å². The van der Waals surface area contributed by atoms with Crippen LogP contribution in [0.25, 0.3) is 0 Å². The fourth-order valence-corrected chi connectivity index (χ4v) is 2.43. The van der Waals surface area contributed by atoms with Gasteiger partial charge in [0.2, 0.25) is 0 Å². The van der Waals surface area contributed by atoms with E-state index in [-0.39, 0.29) is 0 Å². The molecule has 2 aromatic carbocycles. The number of rotatable bonds is 10. The fourth-order valence-electron chi connectivity index (χ4n) is 2.43. The molecule has 1 N–H and O–H groups in total. The van der Waals surface area contributed by atoms with Gasteiger partial charge in [0.1, 0.15) is 5.75 Å². The van der Waals surface area contributed by atoms with Gasteiger partial charge in [-0.25, -0.2) is 10.2 Å². The van der Waals surface area contributed by atoms with E-state index in [4.69, 9.17) is 14.2 Å². The average Bonchev–Trinajstić information content (AvgIpc) is 2.71. The predicted molar refractivity (Wildman–Crippen MR) is 112 cm³/mol. The molecule has 0 aliphatic heterocycles. The summed E-state index contributed by atoms with van der Waals surface area (Å²) in [6.07, 6.45) is 1.61. The van der Waals surface area contributed by atoms with Crippen LogP contribution >= 0.6 is 0 Å². The highest BCUT2D eigenvalue weighted by Gasteiger charge is 2.06. The Labute approximate surface area is 171 Å². The minimum atomic E-state index is -0.630. The summed E-state index contributed by atoms with van der Waals surface area (Å²) in [5, 5.41) is 3.81. The highest BCUT2D eigenvalue weighted by atomic mass is 16.5. The molecule has 0 saturated heterocycles. The summed E-state index contributed by atoms with van der Waals surface area (Å²) < 4.78 is 21.7. The molecule has 1 amide bonds. The van der Waals surface area contributed by atoms with Crippen LogP contribution in [0.2, 0.25) is 0 Å². The Hall–Kier alpha value is -3.22. The summed E-state index contributed by atoms with van der Waals surface area (Å²) in [7, 11) is 1.27. The molecule has 0 heterocycles. The Morgan fingerprint density at radius 3 is 2.52 bits per heavy atom. The Kier molecular flexibility index (Phi) is 8.82. The molecule has 2 rings (SSSR count). The molecule has 0 aromatic heterocycles. The van der Waals surface area contributed by atoms with Crippen LogP contribution < -0.4 is 19.6 Å². The first-order chi connectivity index (χ1) is 14.0.